The maximum atomic E-state index is 14.0. The highest BCUT2D eigenvalue weighted by Gasteiger charge is 2.41. The number of rotatable bonds is 4. The normalized spacial score (nSPS) is 19.8. The number of hydrogen-bond donors (Lipinski definition) is 1. The zero-order chi connectivity index (χ0) is 22.1. The summed E-state index contributed by atoms with van der Waals surface area (Å²) in [5.41, 5.74) is 4.01. The van der Waals surface area contributed by atoms with Gasteiger partial charge in [0.25, 0.3) is 0 Å². The Balaban J connectivity index is 1.39. The predicted octanol–water partition coefficient (Wildman–Crippen LogP) is 4.66. The molecule has 1 N–H and O–H groups in total. The van der Waals surface area contributed by atoms with Crippen LogP contribution in [0.1, 0.15) is 11.1 Å². The molecule has 4 nitrogen and oxygen atoms in total. The van der Waals surface area contributed by atoms with Gasteiger partial charge in [0.15, 0.2) is 0 Å². The molecule has 1 fully saturated rings. The van der Waals surface area contributed by atoms with Crippen LogP contribution in [0, 0.1) is 11.7 Å². The Bertz CT molecular complexity index is 1120. The summed E-state index contributed by atoms with van der Waals surface area (Å²) in [4.78, 5) is 18.0. The number of piperazine rings is 1. The third kappa shape index (κ3) is 4.05. The van der Waals surface area contributed by atoms with Crippen LogP contribution in [0.3, 0.4) is 0 Å². The molecule has 2 aliphatic heterocycles. The smallest absolute Gasteiger partial charge is 0.225 e. The van der Waals surface area contributed by atoms with Gasteiger partial charge in [-0.2, -0.15) is 0 Å². The SMILES string of the molecule is O=C(NCc1ccccc1F)C1Cc2ccccc2N2CCN(c3ccc(Cl)cc3)CC12. The maximum Gasteiger partial charge on any atom is 0.225 e. The van der Waals surface area contributed by atoms with Crippen LogP contribution < -0.4 is 15.1 Å². The fourth-order valence-corrected chi connectivity index (χ4v) is 5.03. The lowest BCUT2D eigenvalue weighted by Crippen LogP contribution is -2.61. The second-order valence-corrected chi connectivity index (χ2v) is 8.87. The Morgan fingerprint density at radius 2 is 1.75 bits per heavy atom. The number of fused-ring (bicyclic) bond motifs is 3. The topological polar surface area (TPSA) is 35.6 Å². The van der Waals surface area contributed by atoms with Crippen molar-refractivity contribution in [3.63, 3.8) is 0 Å². The second kappa shape index (κ2) is 8.83. The van der Waals surface area contributed by atoms with Gasteiger partial charge in [-0.25, -0.2) is 4.39 Å². The first-order valence-electron chi connectivity index (χ1n) is 11.0. The van der Waals surface area contributed by atoms with E-state index in [0.29, 0.717) is 17.0 Å². The van der Waals surface area contributed by atoms with Gasteiger partial charge in [0.05, 0.1) is 12.0 Å². The van der Waals surface area contributed by atoms with Crippen molar-refractivity contribution in [2.45, 2.75) is 19.0 Å². The van der Waals surface area contributed by atoms with Gasteiger partial charge in [-0.3, -0.25) is 4.79 Å². The van der Waals surface area contributed by atoms with Gasteiger partial charge in [-0.1, -0.05) is 48.0 Å². The van der Waals surface area contributed by atoms with Gasteiger partial charge in [0.1, 0.15) is 5.82 Å². The van der Waals surface area contributed by atoms with Crippen molar-refractivity contribution in [1.29, 1.82) is 0 Å². The van der Waals surface area contributed by atoms with Crippen molar-refractivity contribution in [2.75, 3.05) is 29.4 Å². The van der Waals surface area contributed by atoms with Crippen molar-refractivity contribution >= 4 is 28.9 Å². The number of nitrogens with one attached hydrogen (secondary N) is 1. The average Bonchev–Trinajstić information content (AvgIpc) is 2.83. The van der Waals surface area contributed by atoms with Crippen LogP contribution in [0.4, 0.5) is 15.8 Å². The Morgan fingerprint density at radius 1 is 1.00 bits per heavy atom. The van der Waals surface area contributed by atoms with E-state index in [-0.39, 0.29) is 30.2 Å². The van der Waals surface area contributed by atoms with E-state index >= 15 is 0 Å². The molecule has 1 amide bonds. The van der Waals surface area contributed by atoms with Gasteiger partial charge in [-0.05, 0) is 48.4 Å². The molecule has 3 aromatic rings. The Kier molecular flexibility index (Phi) is 5.75. The minimum absolute atomic E-state index is 0.0317. The highest BCUT2D eigenvalue weighted by molar-refractivity contribution is 6.30. The Labute approximate surface area is 192 Å². The minimum Gasteiger partial charge on any atom is -0.368 e. The average molecular weight is 450 g/mol. The third-order valence-electron chi connectivity index (χ3n) is 6.56. The number of benzene rings is 3. The molecular weight excluding hydrogens is 425 g/mol. The minimum atomic E-state index is -0.296. The number of anilines is 2. The molecule has 2 unspecified atom stereocenters. The number of nitrogens with zero attached hydrogens (tertiary/aromatic N) is 2. The van der Waals surface area contributed by atoms with Crippen LogP contribution in [-0.2, 0) is 17.8 Å². The molecule has 1 saturated heterocycles. The van der Waals surface area contributed by atoms with E-state index in [1.54, 1.807) is 18.2 Å². The first kappa shape index (κ1) is 20.8. The fraction of sp³-hybridized carbons (Fsp3) is 0.269. The highest BCUT2D eigenvalue weighted by Crippen LogP contribution is 2.37. The molecule has 2 heterocycles. The van der Waals surface area contributed by atoms with Crippen LogP contribution in [-0.4, -0.2) is 31.6 Å². The quantitative estimate of drug-likeness (QED) is 0.629. The number of halogens is 2. The third-order valence-corrected chi connectivity index (χ3v) is 6.82. The lowest BCUT2D eigenvalue weighted by molar-refractivity contribution is -0.126. The van der Waals surface area contributed by atoms with Crippen LogP contribution in [0.25, 0.3) is 0 Å². The van der Waals surface area contributed by atoms with E-state index in [2.05, 4.69) is 33.3 Å². The van der Waals surface area contributed by atoms with Crippen LogP contribution >= 0.6 is 11.6 Å². The molecule has 2 aliphatic rings. The Hall–Kier alpha value is -3.05. The van der Waals surface area contributed by atoms with Crippen LogP contribution in [0.2, 0.25) is 5.02 Å². The summed E-state index contributed by atoms with van der Waals surface area (Å²) in [6.45, 7) is 2.64. The van der Waals surface area contributed by atoms with Gasteiger partial charge >= 0.3 is 0 Å². The van der Waals surface area contributed by atoms with E-state index in [9.17, 15) is 9.18 Å². The standard InChI is InChI=1S/C26H25ClFN3O/c27-20-9-11-21(12-10-20)30-13-14-31-24-8-4-2-5-18(24)15-22(25(31)17-30)26(32)29-16-19-6-1-3-7-23(19)28/h1-12,22,25H,13-17H2,(H,29,32). The summed E-state index contributed by atoms with van der Waals surface area (Å²) in [6, 6.07) is 22.8. The van der Waals surface area contributed by atoms with Crippen molar-refractivity contribution in [3.05, 3.63) is 94.8 Å². The van der Waals surface area contributed by atoms with Crippen molar-refractivity contribution in [1.82, 2.24) is 5.32 Å². The molecule has 6 heteroatoms. The van der Waals surface area contributed by atoms with E-state index in [0.717, 1.165) is 25.3 Å². The van der Waals surface area contributed by atoms with E-state index in [1.807, 2.05) is 30.3 Å². The van der Waals surface area contributed by atoms with E-state index in [4.69, 9.17) is 11.6 Å². The summed E-state index contributed by atoms with van der Waals surface area (Å²) in [5, 5.41) is 3.71. The molecular formula is C26H25ClFN3O. The zero-order valence-electron chi connectivity index (χ0n) is 17.7. The van der Waals surface area contributed by atoms with E-state index in [1.165, 1.54) is 17.3 Å². The van der Waals surface area contributed by atoms with Crippen molar-refractivity contribution in [2.24, 2.45) is 5.92 Å². The van der Waals surface area contributed by atoms with Gasteiger partial charge in [0, 0.05) is 48.1 Å². The van der Waals surface area contributed by atoms with E-state index < -0.39 is 0 Å². The van der Waals surface area contributed by atoms with Crippen molar-refractivity contribution < 1.29 is 9.18 Å². The number of para-hydroxylation sites is 1. The second-order valence-electron chi connectivity index (χ2n) is 8.43. The van der Waals surface area contributed by atoms with Crippen molar-refractivity contribution in [3.8, 4) is 0 Å². The number of hydrogen-bond acceptors (Lipinski definition) is 3. The largest absolute Gasteiger partial charge is 0.368 e. The molecule has 0 radical (unpaired) electrons. The molecule has 0 aromatic heterocycles. The maximum absolute atomic E-state index is 14.0. The number of amides is 1. The summed E-state index contributed by atoms with van der Waals surface area (Å²) < 4.78 is 14.0. The summed E-state index contributed by atoms with van der Waals surface area (Å²) in [6.07, 6.45) is 0.675. The van der Waals surface area contributed by atoms with Gasteiger partial charge in [-0.15, -0.1) is 0 Å². The molecule has 3 aromatic carbocycles. The molecule has 2 atom stereocenters. The predicted molar refractivity (Wildman–Crippen MR) is 127 cm³/mol. The fourth-order valence-electron chi connectivity index (χ4n) is 4.90. The molecule has 32 heavy (non-hydrogen) atoms. The first-order chi connectivity index (χ1) is 15.6. The molecule has 0 aliphatic carbocycles. The molecule has 164 valence electrons. The summed E-state index contributed by atoms with van der Waals surface area (Å²) >= 11 is 6.07. The zero-order valence-corrected chi connectivity index (χ0v) is 18.4. The summed E-state index contributed by atoms with van der Waals surface area (Å²) in [7, 11) is 0. The number of carbonyl (C=O) groups is 1. The Morgan fingerprint density at radius 3 is 2.56 bits per heavy atom. The van der Waals surface area contributed by atoms with Gasteiger partial charge < -0.3 is 15.1 Å². The molecule has 5 rings (SSSR count). The lowest BCUT2D eigenvalue weighted by Gasteiger charge is -2.49. The first-order valence-corrected chi connectivity index (χ1v) is 11.3. The molecule has 0 spiro atoms. The molecule has 0 bridgehead atoms. The van der Waals surface area contributed by atoms with Crippen LogP contribution in [0.5, 0.6) is 0 Å². The lowest BCUT2D eigenvalue weighted by atomic mass is 9.83. The van der Waals surface area contributed by atoms with Gasteiger partial charge in [0.2, 0.25) is 5.91 Å². The van der Waals surface area contributed by atoms with Crippen LogP contribution in [0.15, 0.2) is 72.8 Å². The number of carbonyl (C=O) groups excluding carboxylic acids is 1. The molecule has 0 saturated carbocycles. The summed E-state index contributed by atoms with van der Waals surface area (Å²) in [5.74, 6) is -0.544. The monoisotopic (exact) mass is 449 g/mol. The highest BCUT2D eigenvalue weighted by atomic mass is 35.5.